The number of ether oxygens (including phenoxy) is 1. The van der Waals surface area contributed by atoms with Gasteiger partial charge in [0.2, 0.25) is 0 Å². The minimum absolute atomic E-state index is 0.0127. The summed E-state index contributed by atoms with van der Waals surface area (Å²) in [5.41, 5.74) is 5.81. The predicted molar refractivity (Wildman–Crippen MR) is 106 cm³/mol. The van der Waals surface area contributed by atoms with Crippen molar-refractivity contribution in [1.82, 2.24) is 4.90 Å². The van der Waals surface area contributed by atoms with Crippen LogP contribution in [0.25, 0.3) is 0 Å². The fourth-order valence-electron chi connectivity index (χ4n) is 2.59. The lowest BCUT2D eigenvalue weighted by Gasteiger charge is -2.32. The van der Waals surface area contributed by atoms with Crippen LogP contribution in [0.15, 0.2) is 29.2 Å². The predicted octanol–water partition coefficient (Wildman–Crippen LogP) is 2.40. The first kappa shape index (κ1) is 24.1. The summed E-state index contributed by atoms with van der Waals surface area (Å²) in [7, 11) is -4.02. The number of nitrogens with two attached hydrogens (primary N) is 1. The molecule has 8 nitrogen and oxygen atoms in total. The Balaban J connectivity index is 0.000000307. The molecule has 0 bridgehead atoms. The van der Waals surface area contributed by atoms with Crippen molar-refractivity contribution in [3.8, 4) is 0 Å². The summed E-state index contributed by atoms with van der Waals surface area (Å²) in [6.45, 7) is 8.61. The van der Waals surface area contributed by atoms with E-state index in [1.165, 1.54) is 12.1 Å². The average molecular weight is 415 g/mol. The van der Waals surface area contributed by atoms with Gasteiger partial charge in [-0.1, -0.05) is 17.7 Å². The van der Waals surface area contributed by atoms with Crippen molar-refractivity contribution in [3.05, 3.63) is 29.8 Å². The van der Waals surface area contributed by atoms with Gasteiger partial charge in [0.05, 0.1) is 11.4 Å². The molecule has 2 rings (SSSR count). The third-order valence-corrected chi connectivity index (χ3v) is 4.99. The molecule has 0 atom stereocenters. The normalized spacial score (nSPS) is 15.4. The molecular formula is C19H30N2O6S. The van der Waals surface area contributed by atoms with Crippen LogP contribution in [-0.2, 0) is 19.6 Å². The maximum absolute atomic E-state index is 11.8. The molecule has 1 aromatic carbocycles. The molecule has 9 heteroatoms. The van der Waals surface area contributed by atoms with Crippen molar-refractivity contribution >= 4 is 22.0 Å². The first-order valence-corrected chi connectivity index (χ1v) is 10.5. The van der Waals surface area contributed by atoms with E-state index in [1.807, 2.05) is 27.7 Å². The van der Waals surface area contributed by atoms with Crippen molar-refractivity contribution < 1.29 is 27.3 Å². The van der Waals surface area contributed by atoms with Crippen molar-refractivity contribution in [2.24, 2.45) is 11.7 Å². The molecule has 158 valence electrons. The van der Waals surface area contributed by atoms with Crippen LogP contribution in [0.5, 0.6) is 0 Å². The molecule has 1 saturated heterocycles. The molecule has 0 unspecified atom stereocenters. The van der Waals surface area contributed by atoms with Crippen LogP contribution in [-0.4, -0.2) is 55.0 Å². The van der Waals surface area contributed by atoms with E-state index in [1.54, 1.807) is 17.0 Å². The Kier molecular flexibility index (Phi) is 8.59. The quantitative estimate of drug-likeness (QED) is 0.727. The summed E-state index contributed by atoms with van der Waals surface area (Å²) >= 11 is 0. The minimum atomic E-state index is -4.02. The number of hydrogen-bond acceptors (Lipinski definition) is 6. The maximum atomic E-state index is 11.8. The van der Waals surface area contributed by atoms with E-state index in [2.05, 4.69) is 0 Å². The second-order valence-corrected chi connectivity index (χ2v) is 9.12. The topological polar surface area (TPSA) is 127 Å². The summed E-state index contributed by atoms with van der Waals surface area (Å²) in [6.07, 6.45) is 1.08. The molecule has 0 radical (unpaired) electrons. The Morgan fingerprint density at radius 2 is 1.68 bits per heavy atom. The van der Waals surface area contributed by atoms with Gasteiger partial charge in [0, 0.05) is 19.0 Å². The Morgan fingerprint density at radius 1 is 1.18 bits per heavy atom. The van der Waals surface area contributed by atoms with E-state index in [0.717, 1.165) is 5.56 Å². The van der Waals surface area contributed by atoms with Crippen LogP contribution in [0.1, 0.15) is 39.2 Å². The summed E-state index contributed by atoms with van der Waals surface area (Å²) in [4.78, 5) is 24.8. The average Bonchev–Trinajstić information content (AvgIpc) is 2.60. The molecule has 1 aliphatic rings. The number of ketones is 1. The summed E-state index contributed by atoms with van der Waals surface area (Å²) in [5, 5.41) is 0. The van der Waals surface area contributed by atoms with Gasteiger partial charge in [0.25, 0.3) is 10.1 Å². The molecule has 28 heavy (non-hydrogen) atoms. The number of piperidine rings is 1. The molecule has 0 spiro atoms. The number of hydrogen-bond donors (Lipinski definition) is 2. The van der Waals surface area contributed by atoms with E-state index in [-0.39, 0.29) is 29.2 Å². The van der Waals surface area contributed by atoms with E-state index in [0.29, 0.717) is 25.9 Å². The lowest BCUT2D eigenvalue weighted by Crippen LogP contribution is -2.43. The number of likely N-dealkylation sites (tertiary alicyclic amines) is 1. The van der Waals surface area contributed by atoms with Crippen LogP contribution in [0.3, 0.4) is 0 Å². The van der Waals surface area contributed by atoms with Gasteiger partial charge in [-0.15, -0.1) is 0 Å². The van der Waals surface area contributed by atoms with Crippen LogP contribution in [0, 0.1) is 12.8 Å². The number of amides is 1. The van der Waals surface area contributed by atoms with Gasteiger partial charge in [0.15, 0.2) is 0 Å². The zero-order valence-electron chi connectivity index (χ0n) is 16.8. The van der Waals surface area contributed by atoms with Crippen molar-refractivity contribution in [2.75, 3.05) is 19.6 Å². The number of rotatable bonds is 3. The zero-order valence-corrected chi connectivity index (χ0v) is 17.7. The molecule has 1 amide bonds. The lowest BCUT2D eigenvalue weighted by atomic mass is 9.93. The molecule has 0 aliphatic carbocycles. The smallest absolute Gasteiger partial charge is 0.410 e. The summed E-state index contributed by atoms with van der Waals surface area (Å²) in [5.74, 6) is 0.104. The molecule has 1 fully saturated rings. The molecule has 1 aliphatic heterocycles. The van der Waals surface area contributed by atoms with E-state index in [4.69, 9.17) is 15.0 Å². The van der Waals surface area contributed by atoms with Crippen LogP contribution in [0.4, 0.5) is 4.79 Å². The van der Waals surface area contributed by atoms with Gasteiger partial charge in [-0.2, -0.15) is 8.42 Å². The molecule has 3 N–H and O–H groups in total. The SMILES string of the molecule is CC(C)(C)OC(=O)N1CCC(C(=O)CN)CC1.Cc1ccc(S(=O)(=O)O)cc1. The summed E-state index contributed by atoms with van der Waals surface area (Å²) in [6, 6.07) is 5.99. The number of nitrogens with zero attached hydrogens (tertiary/aromatic N) is 1. The highest BCUT2D eigenvalue weighted by Gasteiger charge is 2.29. The monoisotopic (exact) mass is 414 g/mol. The Labute approximate surface area is 166 Å². The van der Waals surface area contributed by atoms with Crippen LogP contribution >= 0.6 is 0 Å². The second-order valence-electron chi connectivity index (χ2n) is 7.70. The molecule has 1 heterocycles. The van der Waals surface area contributed by atoms with Gasteiger partial charge in [-0.05, 0) is 52.7 Å². The van der Waals surface area contributed by atoms with Gasteiger partial charge in [0.1, 0.15) is 11.4 Å². The largest absolute Gasteiger partial charge is 0.444 e. The van der Waals surface area contributed by atoms with Crippen molar-refractivity contribution in [2.45, 2.75) is 51.0 Å². The number of aryl methyl sites for hydroxylation is 1. The highest BCUT2D eigenvalue weighted by Crippen LogP contribution is 2.20. The lowest BCUT2D eigenvalue weighted by molar-refractivity contribution is -0.122. The van der Waals surface area contributed by atoms with Gasteiger partial charge < -0.3 is 15.4 Å². The zero-order chi connectivity index (χ0) is 21.5. The minimum Gasteiger partial charge on any atom is -0.444 e. The van der Waals surface area contributed by atoms with Crippen LogP contribution in [0.2, 0.25) is 0 Å². The highest BCUT2D eigenvalue weighted by atomic mass is 32.2. The molecule has 0 saturated carbocycles. The Hall–Kier alpha value is -1.97. The fraction of sp³-hybridized carbons (Fsp3) is 0.579. The van der Waals surface area contributed by atoms with E-state index < -0.39 is 15.7 Å². The highest BCUT2D eigenvalue weighted by molar-refractivity contribution is 7.85. The number of carbonyl (C=O) groups excluding carboxylic acids is 2. The number of benzene rings is 1. The molecular weight excluding hydrogens is 384 g/mol. The summed E-state index contributed by atoms with van der Waals surface area (Å²) < 4.78 is 34.8. The molecule has 0 aromatic heterocycles. The molecule has 1 aromatic rings. The first-order chi connectivity index (χ1) is 12.8. The third-order valence-electron chi connectivity index (χ3n) is 4.12. The maximum Gasteiger partial charge on any atom is 0.410 e. The van der Waals surface area contributed by atoms with Crippen molar-refractivity contribution in [3.63, 3.8) is 0 Å². The third kappa shape index (κ3) is 8.37. The Bertz CT molecular complexity index is 761. The van der Waals surface area contributed by atoms with Gasteiger partial charge in [-0.3, -0.25) is 9.35 Å². The second kappa shape index (κ2) is 9.99. The van der Waals surface area contributed by atoms with Gasteiger partial charge in [-0.25, -0.2) is 4.79 Å². The van der Waals surface area contributed by atoms with Crippen molar-refractivity contribution in [1.29, 1.82) is 0 Å². The Morgan fingerprint density at radius 3 is 2.07 bits per heavy atom. The number of carbonyl (C=O) groups is 2. The van der Waals surface area contributed by atoms with E-state index in [9.17, 15) is 18.0 Å². The first-order valence-electron chi connectivity index (χ1n) is 9.08. The van der Waals surface area contributed by atoms with Gasteiger partial charge >= 0.3 is 6.09 Å². The standard InChI is InChI=1S/C12H22N2O3.C7H8O3S/c1-12(2,3)17-11(16)14-6-4-9(5-7-14)10(15)8-13;1-6-2-4-7(5-3-6)11(8,9)10/h9H,4-8,13H2,1-3H3;2-5H,1H3,(H,8,9,10). The van der Waals surface area contributed by atoms with Crippen LogP contribution < -0.4 is 5.73 Å². The van der Waals surface area contributed by atoms with E-state index >= 15 is 0 Å². The fourth-order valence-corrected chi connectivity index (χ4v) is 3.07. The number of Topliss-reactive ketones (excluding diaryl/α,β-unsaturated/α-hetero) is 1.